The van der Waals surface area contributed by atoms with Gasteiger partial charge in [-0.2, -0.15) is 5.10 Å². The topological polar surface area (TPSA) is 56.7 Å². The first-order valence-electron chi connectivity index (χ1n) is 4.92. The fraction of sp³-hybridized carbons (Fsp3) is 0.273. The molecule has 0 aromatic carbocycles. The molecule has 0 radical (unpaired) electrons. The quantitative estimate of drug-likeness (QED) is 0.811. The molecular weight excluding hydrogens is 188 g/mol. The van der Waals surface area contributed by atoms with E-state index < -0.39 is 0 Å². The van der Waals surface area contributed by atoms with Gasteiger partial charge in [0.1, 0.15) is 0 Å². The molecule has 78 valence electrons. The Labute approximate surface area is 88.8 Å². The van der Waals surface area contributed by atoms with Crippen LogP contribution in [0.1, 0.15) is 17.2 Å². The highest BCUT2D eigenvalue weighted by molar-refractivity contribution is 5.17. The monoisotopic (exact) mass is 202 g/mol. The summed E-state index contributed by atoms with van der Waals surface area (Å²) < 4.78 is 1.89. The van der Waals surface area contributed by atoms with E-state index in [1.165, 1.54) is 0 Å². The van der Waals surface area contributed by atoms with Crippen molar-refractivity contribution in [3.63, 3.8) is 0 Å². The Morgan fingerprint density at radius 3 is 2.67 bits per heavy atom. The second-order valence-corrected chi connectivity index (χ2v) is 3.53. The SMILES string of the molecule is Cc1cnn(C(CN)c2ccncc2)c1. The van der Waals surface area contributed by atoms with Gasteiger partial charge < -0.3 is 5.73 Å². The van der Waals surface area contributed by atoms with Gasteiger partial charge in [-0.05, 0) is 30.2 Å². The molecule has 0 spiro atoms. The van der Waals surface area contributed by atoms with Gasteiger partial charge in [0.25, 0.3) is 0 Å². The van der Waals surface area contributed by atoms with Gasteiger partial charge in [-0.3, -0.25) is 9.67 Å². The van der Waals surface area contributed by atoms with Crippen LogP contribution in [0.5, 0.6) is 0 Å². The van der Waals surface area contributed by atoms with Crippen LogP contribution in [0.15, 0.2) is 36.9 Å². The van der Waals surface area contributed by atoms with Gasteiger partial charge in [-0.15, -0.1) is 0 Å². The number of hydrogen-bond acceptors (Lipinski definition) is 3. The standard InChI is InChI=1S/C11H14N4/c1-9-7-14-15(8-9)11(6-12)10-2-4-13-5-3-10/h2-5,7-8,11H,6,12H2,1H3. The van der Waals surface area contributed by atoms with Crippen LogP contribution in [0.4, 0.5) is 0 Å². The summed E-state index contributed by atoms with van der Waals surface area (Å²) in [5, 5.41) is 4.28. The number of nitrogens with two attached hydrogens (primary N) is 1. The normalized spacial score (nSPS) is 12.7. The predicted octanol–water partition coefficient (Wildman–Crippen LogP) is 1.13. The van der Waals surface area contributed by atoms with E-state index in [0.29, 0.717) is 6.54 Å². The Balaban J connectivity index is 2.33. The number of pyridine rings is 1. The maximum absolute atomic E-state index is 5.76. The van der Waals surface area contributed by atoms with E-state index in [2.05, 4.69) is 10.1 Å². The number of aryl methyl sites for hydroxylation is 1. The minimum absolute atomic E-state index is 0.0988. The molecule has 2 aromatic rings. The molecule has 0 bridgehead atoms. The van der Waals surface area contributed by atoms with E-state index in [4.69, 9.17) is 5.73 Å². The van der Waals surface area contributed by atoms with Crippen molar-refractivity contribution in [2.75, 3.05) is 6.54 Å². The molecule has 1 unspecified atom stereocenters. The van der Waals surface area contributed by atoms with E-state index in [-0.39, 0.29) is 6.04 Å². The summed E-state index contributed by atoms with van der Waals surface area (Å²) in [5.74, 6) is 0. The molecule has 2 N–H and O–H groups in total. The molecule has 0 fully saturated rings. The summed E-state index contributed by atoms with van der Waals surface area (Å²) in [5.41, 5.74) is 8.04. The van der Waals surface area contributed by atoms with Crippen molar-refractivity contribution in [3.05, 3.63) is 48.0 Å². The van der Waals surface area contributed by atoms with Crippen molar-refractivity contribution >= 4 is 0 Å². The van der Waals surface area contributed by atoms with Crippen LogP contribution < -0.4 is 5.73 Å². The number of rotatable bonds is 3. The van der Waals surface area contributed by atoms with Gasteiger partial charge in [0.2, 0.25) is 0 Å². The molecule has 15 heavy (non-hydrogen) atoms. The van der Waals surface area contributed by atoms with E-state index in [1.807, 2.05) is 36.1 Å². The van der Waals surface area contributed by atoms with Crippen molar-refractivity contribution in [1.82, 2.24) is 14.8 Å². The highest BCUT2D eigenvalue weighted by atomic mass is 15.3. The van der Waals surface area contributed by atoms with Crippen molar-refractivity contribution in [2.24, 2.45) is 5.73 Å². The summed E-state index contributed by atoms with van der Waals surface area (Å²) in [4.78, 5) is 3.99. The molecular formula is C11H14N4. The zero-order valence-corrected chi connectivity index (χ0v) is 8.67. The van der Waals surface area contributed by atoms with Crippen molar-refractivity contribution in [1.29, 1.82) is 0 Å². The molecule has 4 nitrogen and oxygen atoms in total. The molecule has 0 aliphatic carbocycles. The van der Waals surface area contributed by atoms with Gasteiger partial charge in [0.15, 0.2) is 0 Å². The second-order valence-electron chi connectivity index (χ2n) is 3.53. The molecule has 0 saturated carbocycles. The smallest absolute Gasteiger partial charge is 0.0891 e. The summed E-state index contributed by atoms with van der Waals surface area (Å²) in [6.45, 7) is 2.55. The van der Waals surface area contributed by atoms with Gasteiger partial charge in [0, 0.05) is 25.1 Å². The molecule has 1 atom stereocenters. The predicted molar refractivity (Wildman–Crippen MR) is 58.4 cm³/mol. The van der Waals surface area contributed by atoms with E-state index >= 15 is 0 Å². The van der Waals surface area contributed by atoms with Crippen LogP contribution in [0.3, 0.4) is 0 Å². The molecule has 0 aliphatic rings. The first-order valence-corrected chi connectivity index (χ1v) is 4.92. The van der Waals surface area contributed by atoms with Gasteiger partial charge >= 0.3 is 0 Å². The zero-order chi connectivity index (χ0) is 10.7. The number of hydrogen-bond donors (Lipinski definition) is 1. The van der Waals surface area contributed by atoms with Crippen LogP contribution in [0, 0.1) is 6.92 Å². The van der Waals surface area contributed by atoms with Gasteiger partial charge in [-0.25, -0.2) is 0 Å². The van der Waals surface area contributed by atoms with E-state index in [0.717, 1.165) is 11.1 Å². The average molecular weight is 202 g/mol. The number of nitrogens with zero attached hydrogens (tertiary/aromatic N) is 3. The second kappa shape index (κ2) is 4.23. The third-order valence-corrected chi connectivity index (χ3v) is 2.36. The molecule has 0 amide bonds. The fourth-order valence-electron chi connectivity index (χ4n) is 1.59. The lowest BCUT2D eigenvalue weighted by Gasteiger charge is -2.15. The van der Waals surface area contributed by atoms with Crippen LogP contribution in [0.25, 0.3) is 0 Å². The Morgan fingerprint density at radius 1 is 1.40 bits per heavy atom. The van der Waals surface area contributed by atoms with Crippen LogP contribution in [0.2, 0.25) is 0 Å². The maximum Gasteiger partial charge on any atom is 0.0891 e. The highest BCUT2D eigenvalue weighted by Crippen LogP contribution is 2.15. The lowest BCUT2D eigenvalue weighted by Crippen LogP contribution is -2.20. The van der Waals surface area contributed by atoms with E-state index in [1.54, 1.807) is 12.4 Å². The molecule has 2 aromatic heterocycles. The van der Waals surface area contributed by atoms with Crippen LogP contribution >= 0.6 is 0 Å². The molecule has 4 heteroatoms. The Hall–Kier alpha value is -1.68. The van der Waals surface area contributed by atoms with E-state index in [9.17, 15) is 0 Å². The minimum Gasteiger partial charge on any atom is -0.328 e. The first-order chi connectivity index (χ1) is 7.31. The maximum atomic E-state index is 5.76. The highest BCUT2D eigenvalue weighted by Gasteiger charge is 2.11. The summed E-state index contributed by atoms with van der Waals surface area (Å²) in [6.07, 6.45) is 7.38. The Morgan fingerprint density at radius 2 is 2.13 bits per heavy atom. The van der Waals surface area contributed by atoms with Crippen molar-refractivity contribution in [3.8, 4) is 0 Å². The van der Waals surface area contributed by atoms with Crippen LogP contribution in [-0.2, 0) is 0 Å². The van der Waals surface area contributed by atoms with Crippen molar-refractivity contribution < 1.29 is 0 Å². The molecule has 0 saturated heterocycles. The lowest BCUT2D eigenvalue weighted by molar-refractivity contribution is 0.531. The number of aromatic nitrogens is 3. The van der Waals surface area contributed by atoms with Crippen molar-refractivity contribution in [2.45, 2.75) is 13.0 Å². The average Bonchev–Trinajstić information content (AvgIpc) is 2.68. The first kappa shape index (κ1) is 9.86. The fourth-order valence-corrected chi connectivity index (χ4v) is 1.59. The third kappa shape index (κ3) is 2.05. The lowest BCUT2D eigenvalue weighted by atomic mass is 10.1. The molecule has 0 aliphatic heterocycles. The Bertz CT molecular complexity index is 421. The van der Waals surface area contributed by atoms with Gasteiger partial charge in [0.05, 0.1) is 12.2 Å². The summed E-state index contributed by atoms with van der Waals surface area (Å²) in [7, 11) is 0. The molecule has 2 heterocycles. The van der Waals surface area contributed by atoms with Gasteiger partial charge in [-0.1, -0.05) is 0 Å². The Kier molecular flexibility index (Phi) is 2.78. The van der Waals surface area contributed by atoms with Crippen LogP contribution in [-0.4, -0.2) is 21.3 Å². The minimum atomic E-state index is 0.0988. The zero-order valence-electron chi connectivity index (χ0n) is 8.67. The third-order valence-electron chi connectivity index (χ3n) is 2.36. The largest absolute Gasteiger partial charge is 0.328 e. The summed E-state index contributed by atoms with van der Waals surface area (Å²) in [6, 6.07) is 4.03. The summed E-state index contributed by atoms with van der Waals surface area (Å²) >= 11 is 0. The molecule has 2 rings (SSSR count).